The average molecular weight is 375 g/mol. The van der Waals surface area contributed by atoms with E-state index in [1.165, 1.54) is 50.5 Å². The van der Waals surface area contributed by atoms with Crippen LogP contribution in [0.5, 0.6) is 0 Å². The molecule has 0 radical (unpaired) electrons. The number of hydrogen-bond acceptors (Lipinski definition) is 2. The fourth-order valence-electron chi connectivity index (χ4n) is 8.35. The second-order valence-electron chi connectivity index (χ2n) is 10.8. The number of hydrogen-bond donors (Lipinski definition) is 2. The van der Waals surface area contributed by atoms with E-state index in [1.807, 2.05) is 0 Å². The molecule has 8 atom stereocenters. The van der Waals surface area contributed by atoms with E-state index in [0.717, 1.165) is 36.5 Å². The van der Waals surface area contributed by atoms with Gasteiger partial charge in [0.25, 0.3) is 0 Å². The molecule has 4 aliphatic carbocycles. The number of rotatable bonds is 4. The minimum Gasteiger partial charge on any atom is -0.481 e. The monoisotopic (exact) mass is 374 g/mol. The van der Waals surface area contributed by atoms with Gasteiger partial charge in [-0.25, -0.2) is 0 Å². The molecule has 27 heavy (non-hydrogen) atoms. The van der Waals surface area contributed by atoms with Crippen molar-refractivity contribution in [3.8, 4) is 0 Å². The summed E-state index contributed by atoms with van der Waals surface area (Å²) in [5, 5.41) is 19.2. The summed E-state index contributed by atoms with van der Waals surface area (Å²) >= 11 is 0. The topological polar surface area (TPSA) is 57.5 Å². The molecule has 4 rings (SSSR count). The van der Waals surface area contributed by atoms with Crippen LogP contribution >= 0.6 is 0 Å². The van der Waals surface area contributed by atoms with Gasteiger partial charge < -0.3 is 10.2 Å². The maximum absolute atomic E-state index is 11.0. The zero-order valence-corrected chi connectivity index (χ0v) is 17.3. The fourth-order valence-corrected chi connectivity index (χ4v) is 8.35. The molecule has 152 valence electrons. The summed E-state index contributed by atoms with van der Waals surface area (Å²) in [5.74, 6) is 2.97. The number of aliphatic carboxylic acids is 1. The van der Waals surface area contributed by atoms with Gasteiger partial charge in [0.2, 0.25) is 0 Å². The van der Waals surface area contributed by atoms with Gasteiger partial charge in [0.15, 0.2) is 0 Å². The lowest BCUT2D eigenvalue weighted by Crippen LogP contribution is -2.54. The molecule has 4 aliphatic rings. The SMILES string of the molecule is C=C(CCC(=O)O)C1CCC2C3CCC4C[C@H](O)CC[C@]4(C)C3CC[C@]12C. The molecule has 0 spiro atoms. The third-order valence-corrected chi connectivity index (χ3v) is 9.79. The van der Waals surface area contributed by atoms with Crippen LogP contribution in [0.3, 0.4) is 0 Å². The first-order valence-corrected chi connectivity index (χ1v) is 11.3. The zero-order valence-electron chi connectivity index (χ0n) is 17.3. The second-order valence-corrected chi connectivity index (χ2v) is 10.8. The first-order chi connectivity index (χ1) is 12.8. The Morgan fingerprint density at radius 1 is 0.963 bits per heavy atom. The molecule has 0 amide bonds. The molecule has 0 aromatic rings. The highest BCUT2D eigenvalue weighted by Gasteiger charge is 2.60. The lowest BCUT2D eigenvalue weighted by molar-refractivity contribution is -0.137. The Kier molecular flexibility index (Phi) is 4.98. The van der Waals surface area contributed by atoms with E-state index in [9.17, 15) is 9.90 Å². The van der Waals surface area contributed by atoms with Crippen molar-refractivity contribution in [3.05, 3.63) is 12.2 Å². The summed E-state index contributed by atoms with van der Waals surface area (Å²) in [6.07, 6.45) is 11.8. The van der Waals surface area contributed by atoms with Crippen molar-refractivity contribution in [2.24, 2.45) is 40.4 Å². The maximum Gasteiger partial charge on any atom is 0.303 e. The number of carboxylic acid groups (broad SMARTS) is 1. The highest BCUT2D eigenvalue weighted by atomic mass is 16.4. The third-order valence-electron chi connectivity index (χ3n) is 9.79. The summed E-state index contributed by atoms with van der Waals surface area (Å²) in [4.78, 5) is 11.0. The number of aliphatic hydroxyl groups is 1. The van der Waals surface area contributed by atoms with Crippen molar-refractivity contribution in [3.63, 3.8) is 0 Å². The molecule has 5 unspecified atom stereocenters. The predicted molar refractivity (Wildman–Crippen MR) is 107 cm³/mol. The molecular formula is C24H38O3. The third kappa shape index (κ3) is 3.09. The van der Waals surface area contributed by atoms with Gasteiger partial charge in [-0.1, -0.05) is 26.0 Å². The molecule has 3 nitrogen and oxygen atoms in total. The molecular weight excluding hydrogens is 336 g/mol. The van der Waals surface area contributed by atoms with Crippen LogP contribution in [-0.2, 0) is 4.79 Å². The quantitative estimate of drug-likeness (QED) is 0.645. The summed E-state index contributed by atoms with van der Waals surface area (Å²) < 4.78 is 0. The van der Waals surface area contributed by atoms with Crippen molar-refractivity contribution in [1.29, 1.82) is 0 Å². The lowest BCUT2D eigenvalue weighted by Gasteiger charge is -2.61. The van der Waals surface area contributed by atoms with Crippen LogP contribution < -0.4 is 0 Å². The Labute approximate surface area is 164 Å². The van der Waals surface area contributed by atoms with Crippen molar-refractivity contribution >= 4 is 5.97 Å². The van der Waals surface area contributed by atoms with E-state index in [-0.39, 0.29) is 12.5 Å². The largest absolute Gasteiger partial charge is 0.481 e. The number of carboxylic acids is 1. The van der Waals surface area contributed by atoms with Gasteiger partial charge in [0.1, 0.15) is 0 Å². The van der Waals surface area contributed by atoms with Gasteiger partial charge >= 0.3 is 5.97 Å². The van der Waals surface area contributed by atoms with Gasteiger partial charge in [-0.15, -0.1) is 0 Å². The molecule has 0 heterocycles. The van der Waals surface area contributed by atoms with Crippen LogP contribution in [-0.4, -0.2) is 22.3 Å². The predicted octanol–water partition coefficient (Wildman–Crippen LogP) is 5.43. The summed E-state index contributed by atoms with van der Waals surface area (Å²) in [7, 11) is 0. The summed E-state index contributed by atoms with van der Waals surface area (Å²) in [6, 6.07) is 0. The standard InChI is InChI=1S/C24H38O3/c1-15(4-9-22(26)27)19-7-8-20-18-6-5-16-14-17(25)10-12-23(16,2)21(18)11-13-24(19,20)3/h16-21,25H,1,4-14H2,2-3H3,(H,26,27)/t16?,17-,18?,19?,20?,21?,23+,24-/m1/s1. The molecule has 0 bridgehead atoms. The summed E-state index contributed by atoms with van der Waals surface area (Å²) in [5.41, 5.74) is 1.96. The smallest absolute Gasteiger partial charge is 0.303 e. The lowest BCUT2D eigenvalue weighted by atomic mass is 9.44. The fraction of sp³-hybridized carbons (Fsp3) is 0.875. The number of allylic oxidation sites excluding steroid dienone is 1. The highest BCUT2D eigenvalue weighted by molar-refractivity contribution is 5.67. The van der Waals surface area contributed by atoms with E-state index in [0.29, 0.717) is 23.2 Å². The molecule has 0 aromatic carbocycles. The molecule has 0 aliphatic heterocycles. The van der Waals surface area contributed by atoms with E-state index >= 15 is 0 Å². The van der Waals surface area contributed by atoms with Gasteiger partial charge in [-0.05, 0) is 105 Å². The second kappa shape index (κ2) is 6.90. The van der Waals surface area contributed by atoms with Gasteiger partial charge in [-0.3, -0.25) is 4.79 Å². The highest BCUT2D eigenvalue weighted by Crippen LogP contribution is 2.68. The minimum atomic E-state index is -0.703. The Morgan fingerprint density at radius 2 is 1.67 bits per heavy atom. The van der Waals surface area contributed by atoms with Gasteiger partial charge in [-0.2, -0.15) is 0 Å². The maximum atomic E-state index is 11.0. The summed E-state index contributed by atoms with van der Waals surface area (Å²) in [6.45, 7) is 9.38. The van der Waals surface area contributed by atoms with E-state index in [2.05, 4.69) is 20.4 Å². The number of aliphatic hydroxyl groups excluding tert-OH is 1. The van der Waals surface area contributed by atoms with Crippen molar-refractivity contribution in [2.45, 2.75) is 90.6 Å². The van der Waals surface area contributed by atoms with E-state index in [4.69, 9.17) is 5.11 Å². The van der Waals surface area contributed by atoms with Crippen LogP contribution in [0, 0.1) is 40.4 Å². The Bertz CT molecular complexity index is 613. The number of fused-ring (bicyclic) bond motifs is 5. The van der Waals surface area contributed by atoms with Gasteiger partial charge in [0.05, 0.1) is 6.10 Å². The van der Waals surface area contributed by atoms with Crippen molar-refractivity contribution in [2.75, 3.05) is 0 Å². The van der Waals surface area contributed by atoms with Crippen LogP contribution in [0.2, 0.25) is 0 Å². The van der Waals surface area contributed by atoms with Gasteiger partial charge in [0, 0.05) is 6.42 Å². The van der Waals surface area contributed by atoms with Crippen molar-refractivity contribution in [1.82, 2.24) is 0 Å². The Morgan fingerprint density at radius 3 is 2.41 bits per heavy atom. The Hall–Kier alpha value is -0.830. The molecule has 4 fully saturated rings. The van der Waals surface area contributed by atoms with E-state index in [1.54, 1.807) is 0 Å². The first-order valence-electron chi connectivity index (χ1n) is 11.3. The number of carbonyl (C=O) groups is 1. The molecule has 0 aromatic heterocycles. The normalized spacial score (nSPS) is 49.0. The Balaban J connectivity index is 1.52. The molecule has 0 saturated heterocycles. The van der Waals surface area contributed by atoms with E-state index < -0.39 is 5.97 Å². The molecule has 2 N–H and O–H groups in total. The van der Waals surface area contributed by atoms with Crippen LogP contribution in [0.15, 0.2) is 12.2 Å². The zero-order chi connectivity index (χ0) is 19.4. The molecule has 3 heteroatoms. The molecule has 4 saturated carbocycles. The minimum absolute atomic E-state index is 0.0677. The van der Waals surface area contributed by atoms with Crippen LogP contribution in [0.4, 0.5) is 0 Å². The van der Waals surface area contributed by atoms with Crippen molar-refractivity contribution < 1.29 is 15.0 Å². The van der Waals surface area contributed by atoms with Crippen LogP contribution in [0.25, 0.3) is 0 Å². The van der Waals surface area contributed by atoms with Crippen LogP contribution in [0.1, 0.15) is 84.5 Å². The first kappa shape index (κ1) is 19.5. The average Bonchev–Trinajstić information content (AvgIpc) is 2.97.